The number of sulfonamides is 1. The monoisotopic (exact) mass is 501 g/mol. The molecule has 0 bridgehead atoms. The van der Waals surface area contributed by atoms with Crippen LogP contribution in [-0.4, -0.2) is 63.2 Å². The van der Waals surface area contributed by atoms with Crippen LogP contribution in [0.3, 0.4) is 0 Å². The molecule has 0 radical (unpaired) electrons. The minimum absolute atomic E-state index is 0.111. The maximum atomic E-state index is 13.6. The summed E-state index contributed by atoms with van der Waals surface area (Å²) in [6.45, 7) is 7.51. The van der Waals surface area contributed by atoms with E-state index in [0.29, 0.717) is 23.9 Å². The molecule has 12 heteroatoms. The lowest BCUT2D eigenvalue weighted by molar-refractivity contribution is 0.00152. The van der Waals surface area contributed by atoms with Gasteiger partial charge in [0.1, 0.15) is 17.0 Å². The van der Waals surface area contributed by atoms with Crippen molar-refractivity contribution in [1.29, 1.82) is 0 Å². The molecule has 1 saturated carbocycles. The molecule has 0 aliphatic heterocycles. The smallest absolute Gasteiger partial charge is 0.240 e. The Morgan fingerprint density at radius 3 is 2.40 bits per heavy atom. The molecular weight excluding hydrogens is 470 g/mol. The third-order valence-electron chi connectivity index (χ3n) is 5.90. The van der Waals surface area contributed by atoms with Gasteiger partial charge < -0.3 is 9.47 Å². The quantitative estimate of drug-likeness (QED) is 0.421. The number of rotatable bonds is 11. The Hall–Kier alpha value is -2.96. The van der Waals surface area contributed by atoms with Crippen LogP contribution in [0.2, 0.25) is 0 Å². The van der Waals surface area contributed by atoms with Gasteiger partial charge in [-0.2, -0.15) is 0 Å². The molecule has 3 aromatic rings. The van der Waals surface area contributed by atoms with E-state index in [0.717, 1.165) is 18.4 Å². The molecule has 0 saturated heterocycles. The molecule has 3 heterocycles. The first-order valence-electron chi connectivity index (χ1n) is 11.5. The molecular formula is C23H31N7O4S. The molecule has 1 fully saturated rings. The second-order valence-electron chi connectivity index (χ2n) is 9.13. The molecule has 0 amide bonds. The number of hydrogen-bond acceptors (Lipinski definition) is 9. The van der Waals surface area contributed by atoms with E-state index in [-0.39, 0.29) is 12.1 Å². The van der Waals surface area contributed by atoms with Gasteiger partial charge in [0.05, 0.1) is 18.2 Å². The number of aromatic nitrogens is 6. The van der Waals surface area contributed by atoms with Gasteiger partial charge in [-0.3, -0.25) is 14.3 Å². The summed E-state index contributed by atoms with van der Waals surface area (Å²) < 4.78 is 43.1. The van der Waals surface area contributed by atoms with Crippen LogP contribution in [0.1, 0.15) is 51.1 Å². The summed E-state index contributed by atoms with van der Waals surface area (Å²) in [5.74, 6) is 0.887. The fourth-order valence-corrected chi connectivity index (χ4v) is 5.00. The summed E-state index contributed by atoms with van der Waals surface area (Å²) in [4.78, 5) is 13.0. The summed E-state index contributed by atoms with van der Waals surface area (Å²) >= 11 is 0. The lowest BCUT2D eigenvalue weighted by Crippen LogP contribution is -2.36. The highest BCUT2D eigenvalue weighted by molar-refractivity contribution is 7.93. The van der Waals surface area contributed by atoms with Crippen LogP contribution in [-0.2, 0) is 25.0 Å². The third kappa shape index (κ3) is 5.34. The van der Waals surface area contributed by atoms with Gasteiger partial charge in [-0.25, -0.2) is 18.4 Å². The van der Waals surface area contributed by atoms with Gasteiger partial charge in [-0.1, -0.05) is 6.07 Å². The van der Waals surface area contributed by atoms with Crippen molar-refractivity contribution >= 4 is 16.0 Å². The van der Waals surface area contributed by atoms with Crippen molar-refractivity contribution in [3.05, 3.63) is 48.2 Å². The average molecular weight is 502 g/mol. The standard InChI is InChI=1S/C23H31N7O4S/c1-15(2)34-19(20-25-12-16(3)13-26-20)17(4)35(31,32)29-22-28-27-21(18-8-6-7-11-24-18)30(22)23(9-10-23)14-33-5/h6-8,11-13,15,17,19H,9-10,14H2,1-5H3,(H,28,29)/t17-,19+/m0/s1. The molecule has 1 N–H and O–H groups in total. The zero-order valence-corrected chi connectivity index (χ0v) is 21.4. The van der Waals surface area contributed by atoms with Gasteiger partial charge in [0.2, 0.25) is 16.0 Å². The predicted octanol–water partition coefficient (Wildman–Crippen LogP) is 2.87. The summed E-state index contributed by atoms with van der Waals surface area (Å²) in [6, 6.07) is 5.46. The Labute approximate surface area is 205 Å². The number of pyridine rings is 1. The largest absolute Gasteiger partial charge is 0.382 e. The lowest BCUT2D eigenvalue weighted by Gasteiger charge is -2.26. The fraction of sp³-hybridized carbons (Fsp3) is 0.522. The third-order valence-corrected chi connectivity index (χ3v) is 7.59. The van der Waals surface area contributed by atoms with E-state index in [4.69, 9.17) is 9.47 Å². The van der Waals surface area contributed by atoms with Crippen LogP contribution in [0, 0.1) is 6.92 Å². The zero-order valence-electron chi connectivity index (χ0n) is 20.5. The molecule has 3 aromatic heterocycles. The van der Waals surface area contributed by atoms with Crippen molar-refractivity contribution in [3.8, 4) is 11.5 Å². The Morgan fingerprint density at radius 1 is 1.11 bits per heavy atom. The minimum atomic E-state index is -3.99. The number of nitrogens with one attached hydrogen (secondary N) is 1. The Morgan fingerprint density at radius 2 is 1.83 bits per heavy atom. The fourth-order valence-electron chi connectivity index (χ4n) is 3.91. The summed E-state index contributed by atoms with van der Waals surface area (Å²) in [7, 11) is -2.38. The molecule has 2 atom stereocenters. The maximum Gasteiger partial charge on any atom is 0.240 e. The number of hydrogen-bond donors (Lipinski definition) is 1. The summed E-state index contributed by atoms with van der Waals surface area (Å²) in [5, 5.41) is 7.48. The molecule has 1 aliphatic rings. The van der Waals surface area contributed by atoms with Crippen molar-refractivity contribution in [2.24, 2.45) is 0 Å². The van der Waals surface area contributed by atoms with Gasteiger partial charge in [0, 0.05) is 25.7 Å². The van der Waals surface area contributed by atoms with Gasteiger partial charge in [-0.05, 0) is 58.2 Å². The van der Waals surface area contributed by atoms with Crippen molar-refractivity contribution in [3.63, 3.8) is 0 Å². The van der Waals surface area contributed by atoms with Crippen LogP contribution in [0.15, 0.2) is 36.8 Å². The van der Waals surface area contributed by atoms with Crippen LogP contribution >= 0.6 is 0 Å². The van der Waals surface area contributed by atoms with Crippen LogP contribution in [0.25, 0.3) is 11.5 Å². The van der Waals surface area contributed by atoms with E-state index in [1.165, 1.54) is 0 Å². The van der Waals surface area contributed by atoms with Crippen LogP contribution < -0.4 is 4.72 Å². The van der Waals surface area contributed by atoms with Crippen molar-refractivity contribution in [2.45, 2.75) is 63.5 Å². The Kier molecular flexibility index (Phi) is 7.15. The topological polar surface area (TPSA) is 134 Å². The van der Waals surface area contributed by atoms with Crippen molar-refractivity contribution in [1.82, 2.24) is 29.7 Å². The zero-order chi connectivity index (χ0) is 25.2. The first kappa shape index (κ1) is 25.1. The van der Waals surface area contributed by atoms with Gasteiger partial charge >= 0.3 is 0 Å². The number of aryl methyl sites for hydroxylation is 1. The van der Waals surface area contributed by atoms with Crippen molar-refractivity contribution in [2.75, 3.05) is 18.4 Å². The van der Waals surface area contributed by atoms with E-state index in [2.05, 4.69) is 29.9 Å². The predicted molar refractivity (Wildman–Crippen MR) is 130 cm³/mol. The van der Waals surface area contributed by atoms with Gasteiger partial charge in [0.25, 0.3) is 0 Å². The highest BCUT2D eigenvalue weighted by Gasteiger charge is 2.49. The first-order valence-corrected chi connectivity index (χ1v) is 13.0. The van der Waals surface area contributed by atoms with E-state index in [1.54, 1.807) is 43.3 Å². The normalized spacial score (nSPS) is 16.7. The minimum Gasteiger partial charge on any atom is -0.382 e. The highest BCUT2D eigenvalue weighted by Crippen LogP contribution is 2.47. The number of anilines is 1. The summed E-state index contributed by atoms with van der Waals surface area (Å²) in [5.41, 5.74) is 1.02. The molecule has 35 heavy (non-hydrogen) atoms. The van der Waals surface area contributed by atoms with Crippen LogP contribution in [0.5, 0.6) is 0 Å². The number of ether oxygens (including phenoxy) is 2. The molecule has 0 unspecified atom stereocenters. The molecule has 11 nitrogen and oxygen atoms in total. The molecule has 188 valence electrons. The van der Waals surface area contributed by atoms with E-state index in [1.807, 2.05) is 32.9 Å². The van der Waals surface area contributed by atoms with Crippen molar-refractivity contribution < 1.29 is 17.9 Å². The highest BCUT2D eigenvalue weighted by atomic mass is 32.2. The lowest BCUT2D eigenvalue weighted by atomic mass is 10.2. The van der Waals surface area contributed by atoms with Gasteiger partial charge in [0.15, 0.2) is 11.6 Å². The average Bonchev–Trinajstić information content (AvgIpc) is 3.48. The molecule has 1 aliphatic carbocycles. The number of nitrogens with zero attached hydrogens (tertiary/aromatic N) is 6. The Bertz CT molecular complexity index is 1240. The molecule has 0 aromatic carbocycles. The molecule has 4 rings (SSSR count). The Balaban J connectivity index is 1.70. The summed E-state index contributed by atoms with van der Waals surface area (Å²) in [6.07, 6.45) is 5.43. The first-order chi connectivity index (χ1) is 16.7. The van der Waals surface area contributed by atoms with E-state index >= 15 is 0 Å². The van der Waals surface area contributed by atoms with Gasteiger partial charge in [-0.15, -0.1) is 10.2 Å². The number of methoxy groups -OCH3 is 1. The second-order valence-corrected chi connectivity index (χ2v) is 11.2. The maximum absolute atomic E-state index is 13.6. The molecule has 0 spiro atoms. The SMILES string of the molecule is COCC1(n2c(NS(=O)(=O)[C@@H](C)[C@@H](OC(C)C)c3ncc(C)cn3)nnc2-c2ccccn2)CC1. The van der Waals surface area contributed by atoms with E-state index < -0.39 is 26.9 Å². The second kappa shape index (κ2) is 9.96. The van der Waals surface area contributed by atoms with E-state index in [9.17, 15) is 8.42 Å². The van der Waals surface area contributed by atoms with Crippen LogP contribution in [0.4, 0.5) is 5.95 Å².